The van der Waals surface area contributed by atoms with E-state index in [1.807, 2.05) is 4.90 Å². The number of unbranched alkanes of at least 4 members (excludes halogenated alkanes) is 1. The summed E-state index contributed by atoms with van der Waals surface area (Å²) in [5.41, 5.74) is 2.18. The number of anilines is 1. The van der Waals surface area contributed by atoms with Crippen molar-refractivity contribution >= 4 is 11.7 Å². The van der Waals surface area contributed by atoms with Crippen molar-refractivity contribution in [1.82, 2.24) is 9.97 Å². The van der Waals surface area contributed by atoms with E-state index in [-0.39, 0.29) is 12.2 Å². The standard InChI is InChI=1S/C18H21FN4O2/c1-2-3-7-25-22-15-10-23(11-15)18-20-8-14(9-21-18)16-6-4-5-13(12-24)17(16)19/h4-6,8-9,24H,2-3,7,10-12H2,1H3. The lowest BCUT2D eigenvalue weighted by molar-refractivity contribution is 0.139. The molecule has 132 valence electrons. The Morgan fingerprint density at radius 2 is 2.04 bits per heavy atom. The second kappa shape index (κ2) is 8.02. The molecule has 1 aliphatic rings. The third-order valence-electron chi connectivity index (χ3n) is 4.01. The highest BCUT2D eigenvalue weighted by atomic mass is 19.1. The van der Waals surface area contributed by atoms with Crippen LogP contribution in [0.15, 0.2) is 35.7 Å². The Bertz CT molecular complexity index is 741. The number of benzene rings is 1. The highest BCUT2D eigenvalue weighted by Gasteiger charge is 2.25. The summed E-state index contributed by atoms with van der Waals surface area (Å²) in [5, 5.41) is 13.2. The Hall–Kier alpha value is -2.54. The largest absolute Gasteiger partial charge is 0.396 e. The van der Waals surface area contributed by atoms with E-state index in [1.54, 1.807) is 30.6 Å². The van der Waals surface area contributed by atoms with Gasteiger partial charge in [0.1, 0.15) is 12.4 Å². The maximum atomic E-state index is 14.3. The Labute approximate surface area is 146 Å². The van der Waals surface area contributed by atoms with Gasteiger partial charge in [0.2, 0.25) is 5.95 Å². The predicted molar refractivity (Wildman–Crippen MR) is 93.9 cm³/mol. The molecule has 0 amide bonds. The summed E-state index contributed by atoms with van der Waals surface area (Å²) in [7, 11) is 0. The lowest BCUT2D eigenvalue weighted by Crippen LogP contribution is -2.48. The van der Waals surface area contributed by atoms with E-state index < -0.39 is 5.82 Å². The van der Waals surface area contributed by atoms with Crippen LogP contribution in [0.5, 0.6) is 0 Å². The Morgan fingerprint density at radius 1 is 1.28 bits per heavy atom. The van der Waals surface area contributed by atoms with Crippen molar-refractivity contribution in [3.05, 3.63) is 42.0 Å². The Balaban J connectivity index is 1.63. The van der Waals surface area contributed by atoms with Crippen molar-refractivity contribution in [3.8, 4) is 11.1 Å². The number of hydrogen-bond donors (Lipinski definition) is 1. The minimum atomic E-state index is -0.441. The molecular weight excluding hydrogens is 323 g/mol. The molecule has 0 atom stereocenters. The summed E-state index contributed by atoms with van der Waals surface area (Å²) in [4.78, 5) is 15.8. The zero-order chi connectivity index (χ0) is 17.6. The summed E-state index contributed by atoms with van der Waals surface area (Å²) < 4.78 is 14.3. The quantitative estimate of drug-likeness (QED) is 0.618. The average Bonchev–Trinajstić information content (AvgIpc) is 2.61. The molecule has 1 N–H and O–H groups in total. The minimum Gasteiger partial charge on any atom is -0.396 e. The molecule has 25 heavy (non-hydrogen) atoms. The summed E-state index contributed by atoms with van der Waals surface area (Å²) >= 11 is 0. The fraction of sp³-hybridized carbons (Fsp3) is 0.389. The Kier molecular flexibility index (Phi) is 5.55. The molecule has 6 nitrogen and oxygen atoms in total. The summed E-state index contributed by atoms with van der Waals surface area (Å²) in [6.45, 7) is 3.69. The second-order valence-electron chi connectivity index (χ2n) is 5.91. The van der Waals surface area contributed by atoms with Gasteiger partial charge in [-0.3, -0.25) is 0 Å². The minimum absolute atomic E-state index is 0.258. The van der Waals surface area contributed by atoms with Gasteiger partial charge in [0.05, 0.1) is 25.4 Å². The number of oxime groups is 1. The summed E-state index contributed by atoms with van der Waals surface area (Å²) in [6, 6.07) is 4.90. The van der Waals surface area contributed by atoms with Gasteiger partial charge in [-0.2, -0.15) is 0 Å². The normalized spacial score (nSPS) is 13.6. The van der Waals surface area contributed by atoms with Crippen LogP contribution in [-0.4, -0.2) is 40.5 Å². The third-order valence-corrected chi connectivity index (χ3v) is 4.01. The van der Waals surface area contributed by atoms with Crippen LogP contribution in [-0.2, 0) is 11.4 Å². The molecule has 0 spiro atoms. The molecule has 3 rings (SSSR count). The SMILES string of the molecule is CCCCON=C1CN(c2ncc(-c3cccc(CO)c3F)cn2)C1. The molecule has 0 aliphatic carbocycles. The molecule has 1 fully saturated rings. The van der Waals surface area contributed by atoms with Crippen LogP contribution in [0.3, 0.4) is 0 Å². The molecule has 1 aromatic heterocycles. The van der Waals surface area contributed by atoms with Crippen LogP contribution in [0.1, 0.15) is 25.3 Å². The van der Waals surface area contributed by atoms with Crippen molar-refractivity contribution in [2.75, 3.05) is 24.6 Å². The molecule has 0 bridgehead atoms. The number of aliphatic hydroxyl groups is 1. The first-order chi connectivity index (χ1) is 12.2. The van der Waals surface area contributed by atoms with Gasteiger partial charge in [0.15, 0.2) is 0 Å². The molecule has 2 aromatic rings. The topological polar surface area (TPSA) is 70.8 Å². The van der Waals surface area contributed by atoms with Gasteiger partial charge in [0.25, 0.3) is 0 Å². The molecule has 2 heterocycles. The van der Waals surface area contributed by atoms with Gasteiger partial charge < -0.3 is 14.8 Å². The average molecular weight is 344 g/mol. The highest BCUT2D eigenvalue weighted by molar-refractivity contribution is 5.98. The molecule has 0 saturated carbocycles. The van der Waals surface area contributed by atoms with E-state index in [0.29, 0.717) is 36.8 Å². The summed E-state index contributed by atoms with van der Waals surface area (Å²) in [5.74, 6) is 0.138. The molecule has 0 radical (unpaired) electrons. The van der Waals surface area contributed by atoms with Crippen molar-refractivity contribution in [3.63, 3.8) is 0 Å². The lowest BCUT2D eigenvalue weighted by Gasteiger charge is -2.31. The molecule has 0 unspecified atom stereocenters. The van der Waals surface area contributed by atoms with Gasteiger partial charge in [-0.25, -0.2) is 14.4 Å². The van der Waals surface area contributed by atoms with Crippen LogP contribution < -0.4 is 4.90 Å². The van der Waals surface area contributed by atoms with Crippen LogP contribution in [0.25, 0.3) is 11.1 Å². The zero-order valence-corrected chi connectivity index (χ0v) is 14.2. The van der Waals surface area contributed by atoms with E-state index in [1.165, 1.54) is 0 Å². The van der Waals surface area contributed by atoms with Gasteiger partial charge in [-0.05, 0) is 6.42 Å². The van der Waals surface area contributed by atoms with Gasteiger partial charge >= 0.3 is 0 Å². The maximum Gasteiger partial charge on any atom is 0.225 e. The fourth-order valence-electron chi connectivity index (χ4n) is 2.49. The van der Waals surface area contributed by atoms with Gasteiger partial charge in [-0.15, -0.1) is 0 Å². The summed E-state index contributed by atoms with van der Waals surface area (Å²) in [6.07, 6.45) is 5.27. The Morgan fingerprint density at radius 3 is 2.72 bits per heavy atom. The maximum absolute atomic E-state index is 14.3. The van der Waals surface area contributed by atoms with Crippen LogP contribution in [0, 0.1) is 5.82 Å². The number of aromatic nitrogens is 2. The smallest absolute Gasteiger partial charge is 0.225 e. The molecule has 7 heteroatoms. The van der Waals surface area contributed by atoms with Gasteiger partial charge in [0, 0.05) is 29.1 Å². The van der Waals surface area contributed by atoms with E-state index in [4.69, 9.17) is 9.94 Å². The van der Waals surface area contributed by atoms with Crippen molar-refractivity contribution < 1.29 is 14.3 Å². The number of halogens is 1. The van der Waals surface area contributed by atoms with Crippen molar-refractivity contribution in [2.45, 2.75) is 26.4 Å². The van der Waals surface area contributed by atoms with Crippen LogP contribution in [0.2, 0.25) is 0 Å². The number of hydrogen-bond acceptors (Lipinski definition) is 6. The number of aliphatic hydroxyl groups excluding tert-OH is 1. The zero-order valence-electron chi connectivity index (χ0n) is 14.2. The monoisotopic (exact) mass is 344 g/mol. The van der Waals surface area contributed by atoms with Crippen LogP contribution >= 0.6 is 0 Å². The highest BCUT2D eigenvalue weighted by Crippen LogP contribution is 2.25. The van der Waals surface area contributed by atoms with Crippen LogP contribution in [0.4, 0.5) is 10.3 Å². The predicted octanol–water partition coefficient (Wildman–Crippen LogP) is 2.77. The number of nitrogens with zero attached hydrogens (tertiary/aromatic N) is 4. The molecule has 1 aromatic carbocycles. The van der Waals surface area contributed by atoms with E-state index in [2.05, 4.69) is 22.0 Å². The van der Waals surface area contributed by atoms with E-state index in [0.717, 1.165) is 18.6 Å². The van der Waals surface area contributed by atoms with E-state index >= 15 is 0 Å². The molecular formula is C18H21FN4O2. The van der Waals surface area contributed by atoms with Crippen molar-refractivity contribution in [1.29, 1.82) is 0 Å². The van der Waals surface area contributed by atoms with Crippen molar-refractivity contribution in [2.24, 2.45) is 5.16 Å². The van der Waals surface area contributed by atoms with Gasteiger partial charge in [-0.1, -0.05) is 36.7 Å². The lowest BCUT2D eigenvalue weighted by atomic mass is 10.1. The first kappa shape index (κ1) is 17.3. The fourth-order valence-corrected chi connectivity index (χ4v) is 2.49. The molecule has 1 saturated heterocycles. The first-order valence-corrected chi connectivity index (χ1v) is 8.36. The first-order valence-electron chi connectivity index (χ1n) is 8.36. The molecule has 1 aliphatic heterocycles. The second-order valence-corrected chi connectivity index (χ2v) is 5.91. The number of rotatable bonds is 7. The third kappa shape index (κ3) is 3.93. The van der Waals surface area contributed by atoms with E-state index in [9.17, 15) is 4.39 Å².